The van der Waals surface area contributed by atoms with E-state index in [2.05, 4.69) is 26.8 Å². The Hall–Kier alpha value is -1.02. The van der Waals surface area contributed by atoms with E-state index in [1.165, 1.54) is 5.57 Å². The van der Waals surface area contributed by atoms with Crippen LogP contribution in [0.1, 0.15) is 85.5 Å². The van der Waals surface area contributed by atoms with E-state index < -0.39 is 117 Å². The number of allylic oxidation sites excluding steroid dienone is 1. The summed E-state index contributed by atoms with van der Waals surface area (Å²) in [7, 11) is 0. The van der Waals surface area contributed by atoms with Crippen molar-refractivity contribution >= 4 is 0 Å². The zero-order chi connectivity index (χ0) is 45.5. The molecule has 9 unspecified atom stereocenters. The van der Waals surface area contributed by atoms with Crippen molar-refractivity contribution in [3.63, 3.8) is 0 Å². The molecule has 63 heavy (non-hydrogen) atoms. The molecule has 0 aromatic carbocycles. The smallest absolute Gasteiger partial charge is 0.189 e. The first kappa shape index (κ1) is 48.4. The van der Waals surface area contributed by atoms with Crippen LogP contribution in [-0.4, -0.2) is 191 Å². The highest BCUT2D eigenvalue weighted by Crippen LogP contribution is 2.70. The molecule has 0 radical (unpaired) electrons. The van der Waals surface area contributed by atoms with Crippen molar-refractivity contribution in [2.75, 3.05) is 19.8 Å². The van der Waals surface area contributed by atoms with Crippen LogP contribution in [0.15, 0.2) is 11.6 Å². The summed E-state index contributed by atoms with van der Waals surface area (Å²) in [5.41, 5.74) is 1.15. The monoisotopic (exact) mass is 904 g/mol. The number of ether oxygens (including phenoxy) is 7. The quantitative estimate of drug-likeness (QED) is 0.0952. The first-order valence-corrected chi connectivity index (χ1v) is 23.1. The third-order valence-electron chi connectivity index (χ3n) is 17.2. The van der Waals surface area contributed by atoms with Gasteiger partial charge in [-0.15, -0.1) is 0 Å². The van der Waals surface area contributed by atoms with Gasteiger partial charge in [-0.25, -0.2) is 0 Å². The number of rotatable bonds is 12. The fraction of sp³-hybridized carbons (Fsp3) is 0.955. The maximum atomic E-state index is 11.9. The van der Waals surface area contributed by atoms with Crippen molar-refractivity contribution in [1.82, 2.24) is 0 Å². The standard InChI is InChI=1S/C44H72O19/c1-18(15-45)7-12-44(56)19(2)28-25(63-44)14-24-22-6-5-20-13-21(8-10-42(20,3)23(22)9-11-43(24,28)4)57-41-37(61-40-34(53)31(50)32(51)38(55)62-40)35(54)36(27(17-47)59-41)60-39-33(52)30(49)29(48)26(16-46)58-39/h5,18-19,21-41,45-56H,6-17H2,1-4H3/t18-,19+,21?,22-,23+,24+,25?,26?,27?,28+,29-,30?,31?,32-,33+,34+,35?,36-,37+,38?,39+,40-,41-,42+,43+,44?/m1/s1. The van der Waals surface area contributed by atoms with Crippen LogP contribution in [-0.2, 0) is 33.2 Å². The van der Waals surface area contributed by atoms with Crippen molar-refractivity contribution in [3.05, 3.63) is 11.6 Å². The molecule has 26 atom stereocenters. The summed E-state index contributed by atoms with van der Waals surface area (Å²) in [6.07, 6.45) is -17.0. The minimum Gasteiger partial charge on any atom is -0.396 e. The molecule has 19 heteroatoms. The molecule has 4 aliphatic heterocycles. The Kier molecular flexibility index (Phi) is 14.2. The molecule has 362 valence electrons. The van der Waals surface area contributed by atoms with Crippen LogP contribution in [0.4, 0.5) is 0 Å². The van der Waals surface area contributed by atoms with E-state index in [1.54, 1.807) is 0 Å². The zero-order valence-corrected chi connectivity index (χ0v) is 36.6. The highest BCUT2D eigenvalue weighted by Gasteiger charge is 2.68. The molecule has 3 saturated carbocycles. The minimum absolute atomic E-state index is 0.0158. The number of fused-ring (bicyclic) bond motifs is 7. The molecule has 0 aromatic heterocycles. The summed E-state index contributed by atoms with van der Waals surface area (Å²) in [4.78, 5) is 0. The highest BCUT2D eigenvalue weighted by atomic mass is 16.8. The third-order valence-corrected chi connectivity index (χ3v) is 17.2. The number of aliphatic hydroxyl groups is 12. The fourth-order valence-corrected chi connectivity index (χ4v) is 13.4. The van der Waals surface area contributed by atoms with Crippen molar-refractivity contribution in [3.8, 4) is 0 Å². The van der Waals surface area contributed by atoms with Gasteiger partial charge in [-0.1, -0.05) is 39.3 Å². The largest absolute Gasteiger partial charge is 0.396 e. The van der Waals surface area contributed by atoms with Gasteiger partial charge in [0, 0.05) is 18.9 Å². The van der Waals surface area contributed by atoms with Crippen LogP contribution in [0.25, 0.3) is 0 Å². The van der Waals surface area contributed by atoms with Crippen LogP contribution in [0.2, 0.25) is 0 Å². The van der Waals surface area contributed by atoms with Gasteiger partial charge in [0.2, 0.25) is 0 Å². The topological polar surface area (TPSA) is 307 Å². The van der Waals surface area contributed by atoms with Crippen molar-refractivity contribution in [1.29, 1.82) is 0 Å². The molecule has 4 saturated heterocycles. The van der Waals surface area contributed by atoms with E-state index in [9.17, 15) is 61.3 Å². The predicted molar refractivity (Wildman–Crippen MR) is 214 cm³/mol. The van der Waals surface area contributed by atoms with Crippen LogP contribution < -0.4 is 0 Å². The van der Waals surface area contributed by atoms with Crippen LogP contribution in [0.5, 0.6) is 0 Å². The van der Waals surface area contributed by atoms with Gasteiger partial charge in [0.25, 0.3) is 0 Å². The molecular formula is C44H72O19. The molecule has 19 nitrogen and oxygen atoms in total. The molecule has 7 fully saturated rings. The lowest BCUT2D eigenvalue weighted by atomic mass is 9.47. The first-order valence-electron chi connectivity index (χ1n) is 23.1. The second-order valence-corrected chi connectivity index (χ2v) is 20.7. The second-order valence-electron chi connectivity index (χ2n) is 20.7. The van der Waals surface area contributed by atoms with Crippen molar-refractivity contribution in [2.24, 2.45) is 46.3 Å². The molecule has 0 amide bonds. The number of hydrogen-bond acceptors (Lipinski definition) is 19. The van der Waals surface area contributed by atoms with E-state index >= 15 is 0 Å². The second kappa shape index (κ2) is 18.5. The molecule has 4 aliphatic carbocycles. The average Bonchev–Trinajstić information content (AvgIpc) is 3.70. The lowest BCUT2D eigenvalue weighted by Gasteiger charge is -2.58. The third kappa shape index (κ3) is 8.39. The lowest BCUT2D eigenvalue weighted by molar-refractivity contribution is -0.400. The lowest BCUT2D eigenvalue weighted by Crippen LogP contribution is -2.67. The number of hydrogen-bond donors (Lipinski definition) is 12. The summed E-state index contributed by atoms with van der Waals surface area (Å²) in [5, 5.41) is 127. The Labute approximate surface area is 367 Å². The highest BCUT2D eigenvalue weighted by molar-refractivity contribution is 5.26. The maximum absolute atomic E-state index is 11.9. The van der Waals surface area contributed by atoms with Gasteiger partial charge in [0.15, 0.2) is 30.9 Å². The van der Waals surface area contributed by atoms with Crippen LogP contribution in [0.3, 0.4) is 0 Å². The Morgan fingerprint density at radius 1 is 0.730 bits per heavy atom. The van der Waals surface area contributed by atoms with Gasteiger partial charge in [0.05, 0.1) is 25.4 Å². The molecule has 8 rings (SSSR count). The molecule has 0 bridgehead atoms. The normalized spacial score (nSPS) is 55.0. The summed E-state index contributed by atoms with van der Waals surface area (Å²) in [6.45, 7) is 7.45. The van der Waals surface area contributed by atoms with Crippen molar-refractivity contribution < 1.29 is 94.4 Å². The van der Waals surface area contributed by atoms with Gasteiger partial charge >= 0.3 is 0 Å². The van der Waals surface area contributed by atoms with Crippen LogP contribution >= 0.6 is 0 Å². The van der Waals surface area contributed by atoms with E-state index in [0.29, 0.717) is 43.4 Å². The van der Waals surface area contributed by atoms with Crippen molar-refractivity contribution in [2.45, 2.75) is 196 Å². The van der Waals surface area contributed by atoms with E-state index in [4.69, 9.17) is 33.2 Å². The number of aliphatic hydroxyl groups excluding tert-OH is 11. The Morgan fingerprint density at radius 3 is 2.06 bits per heavy atom. The Bertz CT molecular complexity index is 1610. The minimum atomic E-state index is -1.98. The molecular weight excluding hydrogens is 832 g/mol. The van der Waals surface area contributed by atoms with E-state index in [0.717, 1.165) is 32.1 Å². The van der Waals surface area contributed by atoms with Gasteiger partial charge in [-0.2, -0.15) is 0 Å². The van der Waals surface area contributed by atoms with Gasteiger partial charge < -0.3 is 94.4 Å². The Balaban J connectivity index is 0.984. The zero-order valence-electron chi connectivity index (χ0n) is 36.6. The summed E-state index contributed by atoms with van der Waals surface area (Å²) in [5.74, 6) is 0.385. The van der Waals surface area contributed by atoms with Gasteiger partial charge in [-0.3, -0.25) is 0 Å². The molecule has 12 N–H and O–H groups in total. The van der Waals surface area contributed by atoms with Gasteiger partial charge in [-0.05, 0) is 91.8 Å². The fourth-order valence-electron chi connectivity index (χ4n) is 13.4. The SMILES string of the molecule is C[C@@H](CO)CCC1(O)OC2C[C@H]3[C@@H]4CC=C5CC(O[C@@H]6OC(CO)[C@@H](O[C@@H]7OC(CO)[C@@H](O)C(O)[C@@H]7O)C(O)[C@@H]6O[C@@H]6OC(O)[C@H](O)C(O)[C@@H]6O)CC[C@]5(C)[C@H]4CC[C@]3(C)[C@H]2[C@@H]1C. The average molecular weight is 905 g/mol. The summed E-state index contributed by atoms with van der Waals surface area (Å²) in [6, 6.07) is 0. The summed E-state index contributed by atoms with van der Waals surface area (Å²) < 4.78 is 42.1. The first-order chi connectivity index (χ1) is 29.8. The van der Waals surface area contributed by atoms with E-state index in [1.807, 2.05) is 6.92 Å². The molecule has 8 aliphatic rings. The van der Waals surface area contributed by atoms with E-state index in [-0.39, 0.29) is 41.3 Å². The van der Waals surface area contributed by atoms with Crippen LogP contribution in [0, 0.1) is 46.3 Å². The molecule has 0 aromatic rings. The predicted octanol–water partition coefficient (Wildman–Crippen LogP) is -1.90. The maximum Gasteiger partial charge on any atom is 0.189 e. The molecule has 4 heterocycles. The summed E-state index contributed by atoms with van der Waals surface area (Å²) >= 11 is 0. The Morgan fingerprint density at radius 2 is 1.38 bits per heavy atom. The molecule has 0 spiro atoms. The van der Waals surface area contributed by atoms with Gasteiger partial charge in [0.1, 0.15) is 67.1 Å².